The summed E-state index contributed by atoms with van der Waals surface area (Å²) in [5.41, 5.74) is 2.90. The van der Waals surface area contributed by atoms with Gasteiger partial charge in [-0.2, -0.15) is 0 Å². The van der Waals surface area contributed by atoms with Crippen LogP contribution in [0.3, 0.4) is 0 Å². The summed E-state index contributed by atoms with van der Waals surface area (Å²) >= 11 is 0. The molecule has 0 aliphatic carbocycles. The van der Waals surface area contributed by atoms with Crippen molar-refractivity contribution < 1.29 is 19.0 Å². The van der Waals surface area contributed by atoms with Crippen LogP contribution in [0.2, 0.25) is 0 Å². The Labute approximate surface area is 170 Å². The van der Waals surface area contributed by atoms with E-state index < -0.39 is 0 Å². The summed E-state index contributed by atoms with van der Waals surface area (Å²) in [6.45, 7) is 4.97. The number of para-hydroxylation sites is 1. The Bertz CT molecular complexity index is 1000. The van der Waals surface area contributed by atoms with Crippen molar-refractivity contribution in [2.75, 3.05) is 32.8 Å². The number of carbonyl (C=O) groups is 1. The van der Waals surface area contributed by atoms with E-state index in [0.29, 0.717) is 36.0 Å². The Morgan fingerprint density at radius 1 is 1.03 bits per heavy atom. The Morgan fingerprint density at radius 2 is 1.83 bits per heavy atom. The molecule has 0 atom stereocenters. The molecule has 0 radical (unpaired) electrons. The smallest absolute Gasteiger partial charge is 0.256 e. The standard InChI is InChI=1S/C23H26N2O4/c1-15(2)20-14-18(17-7-5-6-8-19(17)25-20)23(26)24-16-9-10-21(28-4)22(13-16)29-12-11-27-3/h5-10,13-15H,11-12H2,1-4H3,(H,24,26). The molecule has 0 bridgehead atoms. The molecule has 152 valence electrons. The normalized spacial score (nSPS) is 10.9. The van der Waals surface area contributed by atoms with E-state index >= 15 is 0 Å². The second kappa shape index (κ2) is 9.39. The number of hydrogen-bond acceptors (Lipinski definition) is 5. The van der Waals surface area contributed by atoms with Crippen molar-refractivity contribution in [3.8, 4) is 11.5 Å². The van der Waals surface area contributed by atoms with E-state index in [0.717, 1.165) is 16.6 Å². The fourth-order valence-electron chi connectivity index (χ4n) is 2.98. The van der Waals surface area contributed by atoms with Crippen LogP contribution in [0.5, 0.6) is 11.5 Å². The van der Waals surface area contributed by atoms with Gasteiger partial charge in [0.15, 0.2) is 11.5 Å². The number of nitrogens with one attached hydrogen (secondary N) is 1. The number of anilines is 1. The van der Waals surface area contributed by atoms with Gasteiger partial charge in [-0.15, -0.1) is 0 Å². The van der Waals surface area contributed by atoms with Crippen LogP contribution in [-0.4, -0.2) is 38.3 Å². The molecule has 29 heavy (non-hydrogen) atoms. The van der Waals surface area contributed by atoms with Crippen LogP contribution in [0.25, 0.3) is 10.9 Å². The van der Waals surface area contributed by atoms with Crippen LogP contribution < -0.4 is 14.8 Å². The van der Waals surface area contributed by atoms with Gasteiger partial charge in [-0.25, -0.2) is 0 Å². The van der Waals surface area contributed by atoms with Crippen molar-refractivity contribution in [1.82, 2.24) is 4.98 Å². The van der Waals surface area contributed by atoms with Gasteiger partial charge >= 0.3 is 0 Å². The first-order valence-electron chi connectivity index (χ1n) is 9.54. The molecule has 1 aromatic heterocycles. The lowest BCUT2D eigenvalue weighted by Gasteiger charge is -2.14. The number of methoxy groups -OCH3 is 2. The highest BCUT2D eigenvalue weighted by Gasteiger charge is 2.15. The van der Waals surface area contributed by atoms with E-state index in [-0.39, 0.29) is 11.8 Å². The van der Waals surface area contributed by atoms with Gasteiger partial charge in [-0.1, -0.05) is 32.0 Å². The quantitative estimate of drug-likeness (QED) is 0.564. The Balaban J connectivity index is 1.91. The van der Waals surface area contributed by atoms with E-state index in [2.05, 4.69) is 24.1 Å². The van der Waals surface area contributed by atoms with Gasteiger partial charge in [0.1, 0.15) is 6.61 Å². The maximum atomic E-state index is 13.1. The second-order valence-electron chi connectivity index (χ2n) is 6.93. The van der Waals surface area contributed by atoms with Crippen molar-refractivity contribution in [1.29, 1.82) is 0 Å². The lowest BCUT2D eigenvalue weighted by molar-refractivity contribution is 0.102. The van der Waals surface area contributed by atoms with Crippen LogP contribution in [0.15, 0.2) is 48.5 Å². The Morgan fingerprint density at radius 3 is 2.55 bits per heavy atom. The van der Waals surface area contributed by atoms with Gasteiger partial charge in [0, 0.05) is 29.9 Å². The molecule has 3 rings (SSSR count). The number of aromatic nitrogens is 1. The van der Waals surface area contributed by atoms with Gasteiger partial charge in [-0.3, -0.25) is 9.78 Å². The van der Waals surface area contributed by atoms with E-state index in [9.17, 15) is 4.79 Å². The van der Waals surface area contributed by atoms with Crippen LogP contribution in [-0.2, 0) is 4.74 Å². The van der Waals surface area contributed by atoms with Crippen molar-refractivity contribution in [2.45, 2.75) is 19.8 Å². The second-order valence-corrected chi connectivity index (χ2v) is 6.93. The Kier molecular flexibility index (Phi) is 6.67. The number of benzene rings is 2. The third-order valence-corrected chi connectivity index (χ3v) is 4.54. The van der Waals surface area contributed by atoms with Gasteiger partial charge in [-0.05, 0) is 30.2 Å². The van der Waals surface area contributed by atoms with Crippen LogP contribution in [0.1, 0.15) is 35.8 Å². The SMILES string of the molecule is COCCOc1cc(NC(=O)c2cc(C(C)C)nc3ccccc23)ccc1OC. The summed E-state index contributed by atoms with van der Waals surface area (Å²) in [6, 6.07) is 14.8. The summed E-state index contributed by atoms with van der Waals surface area (Å²) in [5.74, 6) is 1.16. The molecule has 2 aromatic carbocycles. The Hall–Kier alpha value is -3.12. The fourth-order valence-corrected chi connectivity index (χ4v) is 2.98. The molecule has 3 aromatic rings. The molecule has 0 aliphatic heterocycles. The third-order valence-electron chi connectivity index (χ3n) is 4.54. The van der Waals surface area contributed by atoms with Gasteiger partial charge in [0.25, 0.3) is 5.91 Å². The minimum Gasteiger partial charge on any atom is -0.493 e. The monoisotopic (exact) mass is 394 g/mol. The predicted molar refractivity (Wildman–Crippen MR) is 114 cm³/mol. The minimum atomic E-state index is -0.196. The highest BCUT2D eigenvalue weighted by Crippen LogP contribution is 2.31. The molecular formula is C23H26N2O4. The first kappa shape index (κ1) is 20.6. The molecule has 6 heteroatoms. The summed E-state index contributed by atoms with van der Waals surface area (Å²) < 4.78 is 16.1. The van der Waals surface area contributed by atoms with E-state index in [1.54, 1.807) is 32.4 Å². The van der Waals surface area contributed by atoms with Crippen molar-refractivity contribution in [3.05, 3.63) is 59.8 Å². The average Bonchev–Trinajstić information content (AvgIpc) is 2.73. The summed E-state index contributed by atoms with van der Waals surface area (Å²) in [4.78, 5) is 17.8. The highest BCUT2D eigenvalue weighted by atomic mass is 16.5. The van der Waals surface area contributed by atoms with Crippen molar-refractivity contribution in [2.24, 2.45) is 0 Å². The minimum absolute atomic E-state index is 0.196. The first-order valence-corrected chi connectivity index (χ1v) is 9.54. The number of pyridine rings is 1. The maximum Gasteiger partial charge on any atom is 0.256 e. The largest absolute Gasteiger partial charge is 0.493 e. The molecule has 6 nitrogen and oxygen atoms in total. The molecule has 0 saturated heterocycles. The molecule has 0 saturated carbocycles. The molecular weight excluding hydrogens is 368 g/mol. The number of ether oxygens (including phenoxy) is 3. The average molecular weight is 394 g/mol. The van der Waals surface area contributed by atoms with Crippen LogP contribution in [0.4, 0.5) is 5.69 Å². The molecule has 1 heterocycles. The summed E-state index contributed by atoms with van der Waals surface area (Å²) in [5, 5.41) is 3.78. The zero-order chi connectivity index (χ0) is 20.8. The molecule has 1 amide bonds. The number of amides is 1. The lowest BCUT2D eigenvalue weighted by atomic mass is 10.0. The van der Waals surface area contributed by atoms with E-state index in [1.807, 2.05) is 30.3 Å². The third kappa shape index (κ3) is 4.84. The number of rotatable bonds is 8. The predicted octanol–water partition coefficient (Wildman–Crippen LogP) is 4.64. The lowest BCUT2D eigenvalue weighted by Crippen LogP contribution is -2.14. The van der Waals surface area contributed by atoms with Crippen LogP contribution >= 0.6 is 0 Å². The maximum absolute atomic E-state index is 13.1. The molecule has 1 N–H and O–H groups in total. The summed E-state index contributed by atoms with van der Waals surface area (Å²) in [7, 11) is 3.19. The number of nitrogens with zero attached hydrogens (tertiary/aromatic N) is 1. The fraction of sp³-hybridized carbons (Fsp3) is 0.304. The summed E-state index contributed by atoms with van der Waals surface area (Å²) in [6.07, 6.45) is 0. The number of carbonyl (C=O) groups excluding carboxylic acids is 1. The van der Waals surface area contributed by atoms with E-state index in [4.69, 9.17) is 14.2 Å². The van der Waals surface area contributed by atoms with E-state index in [1.165, 1.54) is 0 Å². The number of fused-ring (bicyclic) bond motifs is 1. The molecule has 0 unspecified atom stereocenters. The first-order chi connectivity index (χ1) is 14.0. The van der Waals surface area contributed by atoms with Crippen molar-refractivity contribution >= 4 is 22.5 Å². The number of hydrogen-bond donors (Lipinski definition) is 1. The zero-order valence-electron chi connectivity index (χ0n) is 17.2. The van der Waals surface area contributed by atoms with Gasteiger partial charge in [0.05, 0.1) is 24.8 Å². The highest BCUT2D eigenvalue weighted by molar-refractivity contribution is 6.12. The van der Waals surface area contributed by atoms with Crippen LogP contribution in [0, 0.1) is 0 Å². The zero-order valence-corrected chi connectivity index (χ0v) is 17.2. The molecule has 0 aliphatic rings. The van der Waals surface area contributed by atoms with Crippen molar-refractivity contribution in [3.63, 3.8) is 0 Å². The molecule has 0 spiro atoms. The van der Waals surface area contributed by atoms with Gasteiger partial charge in [0.2, 0.25) is 0 Å². The molecule has 0 fully saturated rings. The van der Waals surface area contributed by atoms with Gasteiger partial charge < -0.3 is 19.5 Å². The topological polar surface area (TPSA) is 69.7 Å².